The summed E-state index contributed by atoms with van der Waals surface area (Å²) in [6.07, 6.45) is 0.735. The zero-order chi connectivity index (χ0) is 15.3. The molecule has 0 aliphatic heterocycles. The smallest absolute Gasteiger partial charge is 0.241 e. The Labute approximate surface area is 120 Å². The molecule has 0 saturated carbocycles. The summed E-state index contributed by atoms with van der Waals surface area (Å²) < 4.78 is 26.4. The summed E-state index contributed by atoms with van der Waals surface area (Å²) >= 11 is 0. The fraction of sp³-hybridized carbons (Fsp3) is 0.462. The van der Waals surface area contributed by atoms with Gasteiger partial charge in [-0.05, 0) is 31.0 Å². The standard InChI is InChI=1S/C13H21N3O3S/c1-4-10-6-7-11(8-12(10)14)20(18,19)15-9-13(17)16(3)5-2/h6-8,15H,4-5,9,14H2,1-3H3. The van der Waals surface area contributed by atoms with Gasteiger partial charge in [0, 0.05) is 19.3 Å². The molecule has 0 aliphatic carbocycles. The van der Waals surface area contributed by atoms with Crippen molar-refractivity contribution in [2.45, 2.75) is 25.2 Å². The summed E-state index contributed by atoms with van der Waals surface area (Å²) in [6.45, 7) is 4.02. The fourth-order valence-electron chi connectivity index (χ4n) is 1.61. The monoisotopic (exact) mass is 299 g/mol. The first-order valence-electron chi connectivity index (χ1n) is 6.43. The average molecular weight is 299 g/mol. The normalized spacial score (nSPS) is 11.3. The van der Waals surface area contributed by atoms with Gasteiger partial charge in [-0.2, -0.15) is 0 Å². The number of nitrogens with one attached hydrogen (secondary N) is 1. The highest BCUT2D eigenvalue weighted by molar-refractivity contribution is 7.89. The average Bonchev–Trinajstić information content (AvgIpc) is 2.43. The van der Waals surface area contributed by atoms with E-state index in [-0.39, 0.29) is 17.3 Å². The van der Waals surface area contributed by atoms with Crippen molar-refractivity contribution in [3.63, 3.8) is 0 Å². The van der Waals surface area contributed by atoms with E-state index >= 15 is 0 Å². The molecule has 0 unspecified atom stereocenters. The molecule has 3 N–H and O–H groups in total. The molecular formula is C13H21N3O3S. The van der Waals surface area contributed by atoms with Crippen molar-refractivity contribution >= 4 is 21.6 Å². The minimum atomic E-state index is -3.72. The second-order valence-electron chi connectivity index (χ2n) is 4.45. The van der Waals surface area contributed by atoms with E-state index in [0.717, 1.165) is 12.0 Å². The van der Waals surface area contributed by atoms with E-state index in [2.05, 4.69) is 4.72 Å². The van der Waals surface area contributed by atoms with Gasteiger partial charge in [0.15, 0.2) is 0 Å². The molecule has 1 rings (SSSR count). The molecule has 0 saturated heterocycles. The summed E-state index contributed by atoms with van der Waals surface area (Å²) in [5.74, 6) is -0.283. The topological polar surface area (TPSA) is 92.5 Å². The van der Waals surface area contributed by atoms with Gasteiger partial charge < -0.3 is 10.6 Å². The van der Waals surface area contributed by atoms with Crippen LogP contribution < -0.4 is 10.5 Å². The van der Waals surface area contributed by atoms with Crippen molar-refractivity contribution in [2.75, 3.05) is 25.9 Å². The predicted octanol–water partition coefficient (Wildman–Crippen LogP) is 0.588. The third kappa shape index (κ3) is 3.94. The van der Waals surface area contributed by atoms with Gasteiger partial charge in [0.25, 0.3) is 0 Å². The van der Waals surface area contributed by atoms with Crippen LogP contribution in [0.4, 0.5) is 5.69 Å². The van der Waals surface area contributed by atoms with Crippen LogP contribution in [0, 0.1) is 0 Å². The molecule has 0 aromatic heterocycles. The van der Waals surface area contributed by atoms with E-state index in [4.69, 9.17) is 5.73 Å². The third-order valence-electron chi connectivity index (χ3n) is 3.12. The number of amides is 1. The number of nitrogens with two attached hydrogens (primary N) is 1. The van der Waals surface area contributed by atoms with Crippen molar-refractivity contribution < 1.29 is 13.2 Å². The van der Waals surface area contributed by atoms with E-state index in [1.165, 1.54) is 17.0 Å². The Morgan fingerprint density at radius 3 is 2.50 bits per heavy atom. The van der Waals surface area contributed by atoms with Crippen molar-refractivity contribution in [3.8, 4) is 0 Å². The van der Waals surface area contributed by atoms with E-state index < -0.39 is 10.0 Å². The first-order chi connectivity index (χ1) is 9.31. The fourth-order valence-corrected chi connectivity index (χ4v) is 2.62. The van der Waals surface area contributed by atoms with Crippen LogP contribution in [0.25, 0.3) is 0 Å². The first kappa shape index (κ1) is 16.5. The molecular weight excluding hydrogens is 278 g/mol. The molecule has 0 atom stereocenters. The predicted molar refractivity (Wildman–Crippen MR) is 78.7 cm³/mol. The first-order valence-corrected chi connectivity index (χ1v) is 7.92. The van der Waals surface area contributed by atoms with Gasteiger partial charge in [0.2, 0.25) is 15.9 Å². The van der Waals surface area contributed by atoms with E-state index in [9.17, 15) is 13.2 Å². The lowest BCUT2D eigenvalue weighted by Crippen LogP contribution is -2.37. The molecule has 7 heteroatoms. The lowest BCUT2D eigenvalue weighted by molar-refractivity contribution is -0.128. The van der Waals surface area contributed by atoms with Crippen molar-refractivity contribution in [1.29, 1.82) is 0 Å². The Bertz CT molecular complexity index is 585. The van der Waals surface area contributed by atoms with Gasteiger partial charge in [0.1, 0.15) is 0 Å². The maximum absolute atomic E-state index is 12.1. The Kier molecular flexibility index (Phi) is 5.52. The van der Waals surface area contributed by atoms with Gasteiger partial charge in [-0.15, -0.1) is 0 Å². The van der Waals surface area contributed by atoms with Gasteiger partial charge in [0.05, 0.1) is 11.4 Å². The van der Waals surface area contributed by atoms with Gasteiger partial charge in [-0.3, -0.25) is 4.79 Å². The van der Waals surface area contributed by atoms with Crippen LogP contribution in [-0.4, -0.2) is 39.4 Å². The number of sulfonamides is 1. The van der Waals surface area contributed by atoms with Gasteiger partial charge in [-0.1, -0.05) is 13.0 Å². The second-order valence-corrected chi connectivity index (χ2v) is 6.21. The molecule has 112 valence electrons. The number of nitrogens with zero attached hydrogens (tertiary/aromatic N) is 1. The number of nitrogen functional groups attached to an aromatic ring is 1. The zero-order valence-corrected chi connectivity index (χ0v) is 12.8. The van der Waals surface area contributed by atoms with Gasteiger partial charge >= 0.3 is 0 Å². The molecule has 1 amide bonds. The van der Waals surface area contributed by atoms with Crippen LogP contribution in [0.15, 0.2) is 23.1 Å². The lowest BCUT2D eigenvalue weighted by Gasteiger charge is -2.15. The van der Waals surface area contributed by atoms with Crippen molar-refractivity contribution in [2.24, 2.45) is 0 Å². The quantitative estimate of drug-likeness (QED) is 0.752. The number of likely N-dealkylation sites (N-methyl/N-ethyl adjacent to an activating group) is 1. The highest BCUT2D eigenvalue weighted by Gasteiger charge is 2.17. The molecule has 0 heterocycles. The molecule has 20 heavy (non-hydrogen) atoms. The number of benzene rings is 1. The number of carbonyl (C=O) groups is 1. The molecule has 1 aromatic rings. The molecule has 0 bridgehead atoms. The third-order valence-corrected chi connectivity index (χ3v) is 4.52. The molecule has 6 nitrogen and oxygen atoms in total. The number of rotatable bonds is 6. The Balaban J connectivity index is 2.84. The summed E-state index contributed by atoms with van der Waals surface area (Å²) in [5, 5.41) is 0. The van der Waals surface area contributed by atoms with Gasteiger partial charge in [-0.25, -0.2) is 13.1 Å². The molecule has 0 aliphatic rings. The molecule has 0 radical (unpaired) electrons. The number of aryl methyl sites for hydroxylation is 1. The van der Waals surface area contributed by atoms with E-state index in [1.54, 1.807) is 13.1 Å². The maximum atomic E-state index is 12.1. The molecule has 0 fully saturated rings. The number of hydrogen-bond donors (Lipinski definition) is 2. The summed E-state index contributed by atoms with van der Waals surface area (Å²) in [5.41, 5.74) is 7.12. The lowest BCUT2D eigenvalue weighted by atomic mass is 10.1. The minimum absolute atomic E-state index is 0.0687. The number of anilines is 1. The van der Waals surface area contributed by atoms with Crippen molar-refractivity contribution in [3.05, 3.63) is 23.8 Å². The molecule has 0 spiro atoms. The van der Waals surface area contributed by atoms with Crippen LogP contribution in [0.3, 0.4) is 0 Å². The second kappa shape index (κ2) is 6.71. The summed E-state index contributed by atoms with van der Waals surface area (Å²) in [6, 6.07) is 4.59. The number of carbonyl (C=O) groups excluding carboxylic acids is 1. The van der Waals surface area contributed by atoms with E-state index in [0.29, 0.717) is 12.2 Å². The van der Waals surface area contributed by atoms with Crippen LogP contribution in [0.5, 0.6) is 0 Å². The van der Waals surface area contributed by atoms with E-state index in [1.807, 2.05) is 13.8 Å². The maximum Gasteiger partial charge on any atom is 0.241 e. The Morgan fingerprint density at radius 1 is 1.35 bits per heavy atom. The van der Waals surface area contributed by atoms with Crippen molar-refractivity contribution in [1.82, 2.24) is 9.62 Å². The highest BCUT2D eigenvalue weighted by atomic mass is 32.2. The van der Waals surface area contributed by atoms with Crippen LogP contribution >= 0.6 is 0 Å². The largest absolute Gasteiger partial charge is 0.398 e. The Morgan fingerprint density at radius 2 is 2.00 bits per heavy atom. The summed E-state index contributed by atoms with van der Waals surface area (Å²) in [7, 11) is -2.11. The molecule has 1 aromatic carbocycles. The Hall–Kier alpha value is -1.60. The minimum Gasteiger partial charge on any atom is -0.398 e. The van der Waals surface area contributed by atoms with Crippen LogP contribution in [-0.2, 0) is 21.2 Å². The summed E-state index contributed by atoms with van der Waals surface area (Å²) in [4.78, 5) is 13.1. The zero-order valence-electron chi connectivity index (χ0n) is 12.0. The van der Waals surface area contributed by atoms with Crippen LogP contribution in [0.2, 0.25) is 0 Å². The van der Waals surface area contributed by atoms with Crippen LogP contribution in [0.1, 0.15) is 19.4 Å². The SMILES string of the molecule is CCc1ccc(S(=O)(=O)NCC(=O)N(C)CC)cc1N. The number of hydrogen-bond acceptors (Lipinski definition) is 4. The highest BCUT2D eigenvalue weighted by Crippen LogP contribution is 2.18.